The van der Waals surface area contributed by atoms with Gasteiger partial charge in [0.25, 0.3) is 0 Å². The van der Waals surface area contributed by atoms with Gasteiger partial charge in [0.2, 0.25) is 0 Å². The Labute approximate surface area is 116 Å². The minimum atomic E-state index is -0.666. The van der Waals surface area contributed by atoms with Gasteiger partial charge in [0.1, 0.15) is 5.56 Å². The summed E-state index contributed by atoms with van der Waals surface area (Å²) in [5, 5.41) is 0. The van der Waals surface area contributed by atoms with Crippen molar-refractivity contribution in [3.8, 4) is 11.5 Å². The number of carbonyl (C=O) groups is 2. The van der Waals surface area contributed by atoms with Gasteiger partial charge in [-0.15, -0.1) is 0 Å². The van der Waals surface area contributed by atoms with Crippen LogP contribution in [0.2, 0.25) is 0 Å². The fraction of sp³-hybridized carbons (Fsp3) is 0.286. The molecule has 0 radical (unpaired) electrons. The summed E-state index contributed by atoms with van der Waals surface area (Å²) in [6.45, 7) is 3.63. The molecule has 0 amide bonds. The van der Waals surface area contributed by atoms with Crippen LogP contribution >= 0.6 is 0 Å². The Morgan fingerprint density at radius 1 is 1.00 bits per heavy atom. The Kier molecular flexibility index (Phi) is 5.14. The first-order valence-corrected chi connectivity index (χ1v) is 5.62. The number of hydrogen-bond donors (Lipinski definition) is 0. The van der Waals surface area contributed by atoms with Crippen molar-refractivity contribution < 1.29 is 28.5 Å². The number of carbonyl (C=O) groups excluding carboxylic acids is 2. The first kappa shape index (κ1) is 15.6. The quantitative estimate of drug-likeness (QED) is 0.603. The smallest absolute Gasteiger partial charge is 0.342 e. The lowest BCUT2D eigenvalue weighted by atomic mass is 9.99. The van der Waals surface area contributed by atoms with Crippen LogP contribution in [0.15, 0.2) is 18.7 Å². The van der Waals surface area contributed by atoms with E-state index in [1.807, 2.05) is 0 Å². The number of ether oxygens (including phenoxy) is 4. The molecule has 0 aliphatic rings. The molecule has 1 aromatic rings. The van der Waals surface area contributed by atoms with E-state index in [-0.39, 0.29) is 22.4 Å². The van der Waals surface area contributed by atoms with Crippen LogP contribution < -0.4 is 9.47 Å². The van der Waals surface area contributed by atoms with E-state index in [2.05, 4.69) is 11.3 Å². The van der Waals surface area contributed by atoms with Crippen LogP contribution in [-0.2, 0) is 14.3 Å². The second-order valence-corrected chi connectivity index (χ2v) is 3.69. The van der Waals surface area contributed by atoms with Crippen molar-refractivity contribution in [1.82, 2.24) is 0 Å². The van der Waals surface area contributed by atoms with Crippen molar-refractivity contribution in [3.05, 3.63) is 29.8 Å². The predicted molar refractivity (Wildman–Crippen MR) is 71.9 cm³/mol. The molecule has 0 spiro atoms. The van der Waals surface area contributed by atoms with Crippen LogP contribution in [0.3, 0.4) is 0 Å². The van der Waals surface area contributed by atoms with E-state index in [0.717, 1.165) is 0 Å². The molecule has 0 fully saturated rings. The van der Waals surface area contributed by atoms with Gasteiger partial charge in [-0.25, -0.2) is 9.59 Å². The summed E-state index contributed by atoms with van der Waals surface area (Å²) in [6, 6.07) is 3.08. The van der Waals surface area contributed by atoms with Crippen molar-refractivity contribution in [2.24, 2.45) is 0 Å². The van der Waals surface area contributed by atoms with Crippen molar-refractivity contribution in [1.29, 1.82) is 0 Å². The maximum atomic E-state index is 11.9. The van der Waals surface area contributed by atoms with Crippen LogP contribution in [0.25, 0.3) is 5.57 Å². The summed E-state index contributed by atoms with van der Waals surface area (Å²) in [5.41, 5.74) is 0.347. The van der Waals surface area contributed by atoms with Crippen LogP contribution in [-0.4, -0.2) is 40.4 Å². The maximum Gasteiger partial charge on any atom is 0.342 e. The van der Waals surface area contributed by atoms with E-state index in [9.17, 15) is 9.59 Å². The van der Waals surface area contributed by atoms with Crippen molar-refractivity contribution >= 4 is 17.5 Å². The lowest BCUT2D eigenvalue weighted by Gasteiger charge is -2.15. The molecule has 6 heteroatoms. The highest BCUT2D eigenvalue weighted by Gasteiger charge is 2.25. The lowest BCUT2D eigenvalue weighted by Crippen LogP contribution is -2.12. The van der Waals surface area contributed by atoms with Gasteiger partial charge in [0.05, 0.1) is 34.0 Å². The highest BCUT2D eigenvalue weighted by atomic mass is 16.5. The minimum absolute atomic E-state index is 0.0221. The van der Waals surface area contributed by atoms with E-state index in [1.165, 1.54) is 34.5 Å². The van der Waals surface area contributed by atoms with Gasteiger partial charge in [-0.2, -0.15) is 0 Å². The Bertz CT molecular complexity index is 547. The summed E-state index contributed by atoms with van der Waals surface area (Å²) in [4.78, 5) is 23.5. The monoisotopic (exact) mass is 280 g/mol. The molecule has 1 rings (SSSR count). The minimum Gasteiger partial charge on any atom is -0.493 e. The predicted octanol–water partition coefficient (Wildman–Crippen LogP) is 1.68. The number of hydrogen-bond acceptors (Lipinski definition) is 6. The van der Waals surface area contributed by atoms with Gasteiger partial charge in [0.15, 0.2) is 11.5 Å². The van der Waals surface area contributed by atoms with Crippen LogP contribution in [0.1, 0.15) is 15.9 Å². The molecular formula is C14H16O6. The number of esters is 2. The average molecular weight is 280 g/mol. The lowest BCUT2D eigenvalue weighted by molar-refractivity contribution is -0.133. The molecule has 0 N–H and O–H groups in total. The molecule has 0 aromatic heterocycles. The van der Waals surface area contributed by atoms with E-state index in [0.29, 0.717) is 5.75 Å². The highest BCUT2D eigenvalue weighted by Crippen LogP contribution is 2.36. The largest absolute Gasteiger partial charge is 0.493 e. The molecule has 0 aliphatic heterocycles. The Hall–Kier alpha value is -2.50. The van der Waals surface area contributed by atoms with Crippen LogP contribution in [0.4, 0.5) is 0 Å². The molecule has 0 atom stereocenters. The zero-order valence-corrected chi connectivity index (χ0v) is 11.8. The van der Waals surface area contributed by atoms with Gasteiger partial charge in [0, 0.05) is 5.56 Å². The van der Waals surface area contributed by atoms with Crippen molar-refractivity contribution in [3.63, 3.8) is 0 Å². The van der Waals surface area contributed by atoms with Gasteiger partial charge >= 0.3 is 11.9 Å². The standard InChI is InChI=1S/C14H16O6/c1-8(13(15)19-4)9-6-7-10(17-2)12(18-3)11(9)14(16)20-5/h6-7H,1H2,2-5H3. The van der Waals surface area contributed by atoms with E-state index >= 15 is 0 Å². The SMILES string of the molecule is C=C(C(=O)OC)c1ccc(OC)c(OC)c1C(=O)OC. The number of rotatable bonds is 5. The molecule has 0 saturated heterocycles. The molecule has 0 bridgehead atoms. The molecular weight excluding hydrogens is 264 g/mol. The Morgan fingerprint density at radius 3 is 2.10 bits per heavy atom. The molecule has 6 nitrogen and oxygen atoms in total. The Morgan fingerprint density at radius 2 is 1.65 bits per heavy atom. The second-order valence-electron chi connectivity index (χ2n) is 3.69. The van der Waals surface area contributed by atoms with Gasteiger partial charge in [-0.1, -0.05) is 6.58 Å². The number of methoxy groups -OCH3 is 4. The zero-order valence-electron chi connectivity index (χ0n) is 11.8. The van der Waals surface area contributed by atoms with Crippen molar-refractivity contribution in [2.45, 2.75) is 0 Å². The molecule has 0 saturated carbocycles. The molecule has 0 unspecified atom stereocenters. The van der Waals surface area contributed by atoms with Gasteiger partial charge in [-0.05, 0) is 12.1 Å². The fourth-order valence-corrected chi connectivity index (χ4v) is 1.72. The number of benzene rings is 1. The molecule has 0 heterocycles. The topological polar surface area (TPSA) is 71.1 Å². The van der Waals surface area contributed by atoms with Crippen LogP contribution in [0, 0.1) is 0 Å². The normalized spacial score (nSPS) is 9.60. The third-order valence-corrected chi connectivity index (χ3v) is 2.69. The Balaban J connectivity index is 3.56. The molecule has 20 heavy (non-hydrogen) atoms. The first-order chi connectivity index (χ1) is 9.51. The summed E-state index contributed by atoms with van der Waals surface area (Å²) in [6.07, 6.45) is 0. The van der Waals surface area contributed by atoms with Gasteiger partial charge in [-0.3, -0.25) is 0 Å². The third-order valence-electron chi connectivity index (χ3n) is 2.69. The average Bonchev–Trinajstić information content (AvgIpc) is 2.50. The zero-order chi connectivity index (χ0) is 15.3. The summed E-state index contributed by atoms with van der Waals surface area (Å²) < 4.78 is 19.6. The first-order valence-electron chi connectivity index (χ1n) is 5.62. The molecule has 108 valence electrons. The molecule has 0 aliphatic carbocycles. The third kappa shape index (κ3) is 2.74. The summed E-state index contributed by atoms with van der Waals surface area (Å²) in [5.74, 6) is -0.806. The van der Waals surface area contributed by atoms with Crippen LogP contribution in [0.5, 0.6) is 11.5 Å². The maximum absolute atomic E-state index is 11.9. The summed E-state index contributed by atoms with van der Waals surface area (Å²) in [7, 11) is 5.28. The van der Waals surface area contributed by atoms with E-state index in [4.69, 9.17) is 14.2 Å². The molecule has 1 aromatic carbocycles. The fourth-order valence-electron chi connectivity index (χ4n) is 1.72. The van der Waals surface area contributed by atoms with Gasteiger partial charge < -0.3 is 18.9 Å². The highest BCUT2D eigenvalue weighted by molar-refractivity contribution is 6.18. The summed E-state index contributed by atoms with van der Waals surface area (Å²) >= 11 is 0. The van der Waals surface area contributed by atoms with E-state index in [1.54, 1.807) is 6.07 Å². The second kappa shape index (κ2) is 6.60. The van der Waals surface area contributed by atoms with E-state index < -0.39 is 11.9 Å². The van der Waals surface area contributed by atoms with Crippen molar-refractivity contribution in [2.75, 3.05) is 28.4 Å².